The summed E-state index contributed by atoms with van der Waals surface area (Å²) in [6.07, 6.45) is 21.1. The first-order chi connectivity index (χ1) is 25.1. The number of aromatic nitrogens is 3. The number of allylic oxidation sites excluding steroid dienone is 7. The molecule has 0 fully saturated rings. The number of nitrogens with zero attached hydrogens (tertiary/aromatic N) is 3. The summed E-state index contributed by atoms with van der Waals surface area (Å²) >= 11 is 0. The molecule has 3 aromatic heterocycles. The molecule has 0 radical (unpaired) electrons. The zero-order valence-electron chi connectivity index (χ0n) is 29.6. The SMILES string of the molecule is C/C=C\C=C/CCC.Cn1c2cc(-c3ccc4c(c3)c3ccccc3n4-c3cccc(C/C=C\C=C/N)c3)ccc2c2c3ncccc3ccc21. The second-order valence-corrected chi connectivity index (χ2v) is 12.8. The highest BCUT2D eigenvalue weighted by Gasteiger charge is 2.16. The Hall–Kier alpha value is -6.13. The standard InChI is InChI=1S/C39H30N4.C8H14/c1-42-36-20-16-27-11-8-22-41-39(27)38(36)32-18-15-29(25-37(32)42)28-17-19-35-33(24-28)31-13-4-5-14-34(31)43(35)30-12-7-10-26(23-30)9-3-2-6-21-40;1-3-5-7-8-6-4-2/h2-8,10-25H,9,40H2,1H3;3,5,7-8H,4,6H2,1-2H3/b3-2-,21-6-;5-3-,8-7-. The average molecular weight is 665 g/mol. The first kappa shape index (κ1) is 33.4. The van der Waals surface area contributed by atoms with Gasteiger partial charge in [0.15, 0.2) is 0 Å². The van der Waals surface area contributed by atoms with E-state index in [4.69, 9.17) is 10.7 Å². The summed E-state index contributed by atoms with van der Waals surface area (Å²) in [7, 11) is 2.15. The van der Waals surface area contributed by atoms with Gasteiger partial charge in [0.25, 0.3) is 0 Å². The maximum absolute atomic E-state index is 5.48. The lowest BCUT2D eigenvalue weighted by Crippen LogP contribution is -1.95. The predicted molar refractivity (Wildman–Crippen MR) is 221 cm³/mol. The van der Waals surface area contributed by atoms with Gasteiger partial charge in [-0.3, -0.25) is 4.98 Å². The van der Waals surface area contributed by atoms with Crippen LogP contribution in [-0.2, 0) is 13.5 Å². The van der Waals surface area contributed by atoms with Crippen LogP contribution >= 0.6 is 0 Å². The smallest absolute Gasteiger partial charge is 0.0802 e. The van der Waals surface area contributed by atoms with Gasteiger partial charge in [0.2, 0.25) is 0 Å². The number of para-hydroxylation sites is 1. The van der Waals surface area contributed by atoms with Crippen LogP contribution in [0.15, 0.2) is 164 Å². The number of rotatable bonds is 8. The van der Waals surface area contributed by atoms with Gasteiger partial charge in [-0.1, -0.05) is 110 Å². The molecule has 252 valence electrons. The van der Waals surface area contributed by atoms with Crippen molar-refractivity contribution >= 4 is 54.5 Å². The van der Waals surface area contributed by atoms with E-state index in [1.807, 2.05) is 37.4 Å². The first-order valence-electron chi connectivity index (χ1n) is 17.8. The van der Waals surface area contributed by atoms with Crippen LogP contribution in [0.1, 0.15) is 32.3 Å². The van der Waals surface area contributed by atoms with E-state index < -0.39 is 0 Å². The Balaban J connectivity index is 0.000000457. The number of nitrogens with two attached hydrogens (primary N) is 1. The van der Waals surface area contributed by atoms with Gasteiger partial charge in [0.05, 0.1) is 22.1 Å². The third-order valence-electron chi connectivity index (χ3n) is 9.52. The van der Waals surface area contributed by atoms with Crippen LogP contribution in [0.2, 0.25) is 0 Å². The van der Waals surface area contributed by atoms with E-state index in [0.29, 0.717) is 0 Å². The molecular weight excluding hydrogens is 621 g/mol. The van der Waals surface area contributed by atoms with Crippen LogP contribution in [0.25, 0.3) is 71.3 Å². The monoisotopic (exact) mass is 664 g/mol. The van der Waals surface area contributed by atoms with Gasteiger partial charge in [0.1, 0.15) is 0 Å². The molecule has 0 spiro atoms. The number of hydrogen-bond acceptors (Lipinski definition) is 2. The molecular formula is C47H44N4. The number of aryl methyl sites for hydroxylation is 1. The Morgan fingerprint density at radius 1 is 0.667 bits per heavy atom. The lowest BCUT2D eigenvalue weighted by Gasteiger charge is -2.10. The molecule has 0 aliphatic rings. The molecule has 0 saturated heterocycles. The summed E-state index contributed by atoms with van der Waals surface area (Å²) in [6, 6.07) is 39.7. The quantitative estimate of drug-likeness (QED) is 0.164. The molecule has 8 rings (SSSR count). The lowest BCUT2D eigenvalue weighted by atomic mass is 10.0. The minimum atomic E-state index is 0.849. The Kier molecular flexibility index (Phi) is 9.94. The molecule has 4 heteroatoms. The van der Waals surface area contributed by atoms with E-state index in [9.17, 15) is 0 Å². The summed E-state index contributed by atoms with van der Waals surface area (Å²) < 4.78 is 4.67. The van der Waals surface area contributed by atoms with Crippen LogP contribution in [0.3, 0.4) is 0 Å². The van der Waals surface area contributed by atoms with Crippen molar-refractivity contribution in [2.75, 3.05) is 0 Å². The second-order valence-electron chi connectivity index (χ2n) is 12.8. The predicted octanol–water partition coefficient (Wildman–Crippen LogP) is 12.1. The highest BCUT2D eigenvalue weighted by atomic mass is 15.0. The normalized spacial score (nSPS) is 12.2. The molecule has 0 amide bonds. The van der Waals surface area contributed by atoms with Crippen LogP contribution < -0.4 is 5.73 Å². The van der Waals surface area contributed by atoms with E-state index in [1.54, 1.807) is 6.20 Å². The summed E-state index contributed by atoms with van der Waals surface area (Å²) in [5.74, 6) is 0. The maximum Gasteiger partial charge on any atom is 0.0802 e. The van der Waals surface area contributed by atoms with Crippen molar-refractivity contribution < 1.29 is 0 Å². The summed E-state index contributed by atoms with van der Waals surface area (Å²) in [4.78, 5) is 4.75. The number of unbranched alkanes of at least 4 members (excludes halogenated alkanes) is 1. The van der Waals surface area contributed by atoms with Crippen molar-refractivity contribution in [2.24, 2.45) is 12.8 Å². The van der Waals surface area contributed by atoms with Gasteiger partial charge in [-0.2, -0.15) is 0 Å². The van der Waals surface area contributed by atoms with Crippen molar-refractivity contribution in [2.45, 2.75) is 33.1 Å². The molecule has 0 unspecified atom stereocenters. The topological polar surface area (TPSA) is 48.8 Å². The third kappa shape index (κ3) is 6.61. The molecule has 3 heterocycles. The molecule has 51 heavy (non-hydrogen) atoms. The minimum Gasteiger partial charge on any atom is -0.405 e. The first-order valence-corrected chi connectivity index (χ1v) is 17.8. The van der Waals surface area contributed by atoms with Crippen molar-refractivity contribution in [1.82, 2.24) is 14.1 Å². The Morgan fingerprint density at radius 2 is 1.47 bits per heavy atom. The molecule has 0 atom stereocenters. The zero-order chi connectivity index (χ0) is 35.2. The van der Waals surface area contributed by atoms with E-state index >= 15 is 0 Å². The fraction of sp³-hybridized carbons (Fsp3) is 0.128. The molecule has 8 aromatic rings. The van der Waals surface area contributed by atoms with Crippen LogP contribution in [0.5, 0.6) is 0 Å². The Labute approximate surface area is 300 Å². The van der Waals surface area contributed by atoms with Gasteiger partial charge < -0.3 is 14.9 Å². The van der Waals surface area contributed by atoms with Gasteiger partial charge in [-0.25, -0.2) is 0 Å². The Morgan fingerprint density at radius 3 is 2.33 bits per heavy atom. The van der Waals surface area contributed by atoms with Gasteiger partial charge in [0, 0.05) is 51.4 Å². The molecule has 5 aromatic carbocycles. The van der Waals surface area contributed by atoms with Gasteiger partial charge in [-0.05, 0) is 97.3 Å². The van der Waals surface area contributed by atoms with E-state index in [2.05, 4.69) is 151 Å². The van der Waals surface area contributed by atoms with Crippen LogP contribution in [0, 0.1) is 0 Å². The minimum absolute atomic E-state index is 0.849. The van der Waals surface area contributed by atoms with E-state index in [1.165, 1.54) is 78.5 Å². The van der Waals surface area contributed by atoms with E-state index in [0.717, 1.165) is 17.6 Å². The molecule has 0 aliphatic carbocycles. The summed E-state index contributed by atoms with van der Waals surface area (Å²) in [5, 5.41) is 6.12. The number of hydrogen-bond donors (Lipinski definition) is 1. The number of benzene rings is 5. The van der Waals surface area contributed by atoms with E-state index in [-0.39, 0.29) is 0 Å². The van der Waals surface area contributed by atoms with Crippen LogP contribution in [-0.4, -0.2) is 14.1 Å². The molecule has 0 bridgehead atoms. The largest absolute Gasteiger partial charge is 0.405 e. The summed E-state index contributed by atoms with van der Waals surface area (Å²) in [6.45, 7) is 4.20. The fourth-order valence-corrected chi connectivity index (χ4v) is 7.06. The Bertz CT molecular complexity index is 2610. The fourth-order valence-electron chi connectivity index (χ4n) is 7.06. The van der Waals surface area contributed by atoms with Crippen molar-refractivity contribution in [1.29, 1.82) is 0 Å². The maximum atomic E-state index is 5.48. The van der Waals surface area contributed by atoms with Gasteiger partial charge in [-0.15, -0.1) is 0 Å². The number of fused-ring (bicyclic) bond motifs is 8. The van der Waals surface area contributed by atoms with Crippen molar-refractivity contribution in [3.8, 4) is 16.8 Å². The summed E-state index contributed by atoms with van der Waals surface area (Å²) in [5.41, 5.74) is 16.2. The van der Waals surface area contributed by atoms with Gasteiger partial charge >= 0.3 is 0 Å². The van der Waals surface area contributed by atoms with Crippen LogP contribution in [0.4, 0.5) is 0 Å². The number of pyridine rings is 1. The van der Waals surface area contributed by atoms with Crippen molar-refractivity contribution in [3.05, 3.63) is 170 Å². The second kappa shape index (κ2) is 15.2. The zero-order valence-corrected chi connectivity index (χ0v) is 29.6. The molecule has 4 nitrogen and oxygen atoms in total. The third-order valence-corrected chi connectivity index (χ3v) is 9.52. The molecule has 2 N–H and O–H groups in total. The average Bonchev–Trinajstić information content (AvgIpc) is 3.66. The molecule has 0 aliphatic heterocycles. The molecule has 0 saturated carbocycles. The highest BCUT2D eigenvalue weighted by Crippen LogP contribution is 2.38. The van der Waals surface area contributed by atoms with Crippen molar-refractivity contribution in [3.63, 3.8) is 0 Å². The lowest BCUT2D eigenvalue weighted by molar-refractivity contribution is 0.959. The highest BCUT2D eigenvalue weighted by molar-refractivity contribution is 6.20.